The van der Waals surface area contributed by atoms with Crippen LogP contribution in [-0.4, -0.2) is 53.6 Å². The number of nitrogens with one attached hydrogen (secondary N) is 2. The summed E-state index contributed by atoms with van der Waals surface area (Å²) in [5, 5.41) is 6.23. The van der Waals surface area contributed by atoms with Gasteiger partial charge in [-0.05, 0) is 66.9 Å². The number of hydrogen-bond donors (Lipinski definition) is 3. The molecular weight excluding hydrogens is 538 g/mol. The molecule has 0 atom stereocenters. The number of nitrogen functional groups attached to an aromatic ring is 1. The first kappa shape index (κ1) is 29.8. The second-order valence-electron chi connectivity index (χ2n) is 12.3. The maximum atomic E-state index is 13.1. The van der Waals surface area contributed by atoms with E-state index in [0.717, 1.165) is 43.0 Å². The Morgan fingerprint density at radius 2 is 1.65 bits per heavy atom. The number of benzene rings is 3. The molecule has 1 aliphatic heterocycles. The molecule has 9 nitrogen and oxygen atoms in total. The highest BCUT2D eigenvalue weighted by Crippen LogP contribution is 2.31. The second-order valence-corrected chi connectivity index (χ2v) is 12.3. The highest BCUT2D eigenvalue weighted by Gasteiger charge is 2.19. The number of carbonyl (C=O) groups excluding carboxylic acids is 1. The molecule has 0 spiro atoms. The molecule has 224 valence electrons. The molecule has 1 amide bonds. The van der Waals surface area contributed by atoms with Gasteiger partial charge in [0.1, 0.15) is 0 Å². The van der Waals surface area contributed by atoms with E-state index in [1.165, 1.54) is 10.1 Å². The van der Waals surface area contributed by atoms with E-state index in [1.807, 2.05) is 67.6 Å². The summed E-state index contributed by atoms with van der Waals surface area (Å²) in [6.45, 7) is 12.2. The molecule has 5 rings (SSSR count). The molecule has 1 aromatic heterocycles. The number of aromatic nitrogens is 2. The number of hydrogen-bond acceptors (Lipinski definition) is 7. The normalized spacial score (nSPS) is 14.0. The van der Waals surface area contributed by atoms with E-state index in [4.69, 9.17) is 10.7 Å². The van der Waals surface area contributed by atoms with Gasteiger partial charge in [-0.2, -0.15) is 0 Å². The van der Waals surface area contributed by atoms with Gasteiger partial charge >= 0.3 is 0 Å². The van der Waals surface area contributed by atoms with Crippen LogP contribution in [0.1, 0.15) is 42.3 Å². The van der Waals surface area contributed by atoms with Gasteiger partial charge in [0.05, 0.1) is 17.1 Å². The van der Waals surface area contributed by atoms with Crippen molar-refractivity contribution in [2.24, 2.45) is 7.05 Å². The standard InChI is InChI=1S/C34H41N7O2/c1-22-26(8-7-9-28(22)38-32(42)23-10-12-24(13-11-23)34(2,3)4)29-21-40(6)33(43)31(37-29)36-25-14-15-30(27(35)20-25)41-18-16-39(5)17-19-41/h7-15,20-21H,16-19,35H2,1-6H3,(H,36,37)(H,38,42). The SMILES string of the molecule is Cc1c(NC(=O)c2ccc(C(C)(C)C)cc2)cccc1-c1cn(C)c(=O)c(Nc2ccc(N3CCN(C)CC3)c(N)c2)n1. The number of likely N-dealkylation sites (N-methyl/N-ethyl adjacent to an activating group) is 1. The lowest BCUT2D eigenvalue weighted by Gasteiger charge is -2.34. The first-order chi connectivity index (χ1) is 20.4. The van der Waals surface area contributed by atoms with Gasteiger partial charge in [0.25, 0.3) is 11.5 Å². The highest BCUT2D eigenvalue weighted by atomic mass is 16.1. The van der Waals surface area contributed by atoms with Crippen LogP contribution in [0.3, 0.4) is 0 Å². The van der Waals surface area contributed by atoms with Crippen molar-refractivity contribution in [3.8, 4) is 11.3 Å². The number of aryl methyl sites for hydroxylation is 1. The largest absolute Gasteiger partial charge is 0.397 e. The summed E-state index contributed by atoms with van der Waals surface area (Å²) < 4.78 is 1.51. The number of nitrogens with zero attached hydrogens (tertiary/aromatic N) is 4. The van der Waals surface area contributed by atoms with Crippen LogP contribution in [0.5, 0.6) is 0 Å². The number of piperazine rings is 1. The quantitative estimate of drug-likeness (QED) is 0.263. The first-order valence-electron chi connectivity index (χ1n) is 14.6. The number of rotatable bonds is 6. The summed E-state index contributed by atoms with van der Waals surface area (Å²) in [4.78, 5) is 35.5. The van der Waals surface area contributed by atoms with Crippen LogP contribution in [0, 0.1) is 6.92 Å². The molecule has 9 heteroatoms. The predicted octanol–water partition coefficient (Wildman–Crippen LogP) is 5.38. The third-order valence-corrected chi connectivity index (χ3v) is 8.08. The van der Waals surface area contributed by atoms with E-state index in [0.29, 0.717) is 28.3 Å². The van der Waals surface area contributed by atoms with Crippen molar-refractivity contribution in [3.05, 3.63) is 93.9 Å². The molecule has 3 aromatic carbocycles. The van der Waals surface area contributed by atoms with Gasteiger partial charge < -0.3 is 30.7 Å². The van der Waals surface area contributed by atoms with Gasteiger partial charge in [0, 0.05) is 61.9 Å². The zero-order valence-corrected chi connectivity index (χ0v) is 25.9. The van der Waals surface area contributed by atoms with Crippen molar-refractivity contribution < 1.29 is 4.79 Å². The lowest BCUT2D eigenvalue weighted by atomic mass is 9.86. The predicted molar refractivity (Wildman–Crippen MR) is 177 cm³/mol. The topological polar surface area (TPSA) is 109 Å². The Bertz CT molecular complexity index is 1700. The summed E-state index contributed by atoms with van der Waals surface area (Å²) >= 11 is 0. The molecule has 0 bridgehead atoms. The maximum Gasteiger partial charge on any atom is 0.293 e. The average molecular weight is 580 g/mol. The monoisotopic (exact) mass is 579 g/mol. The zero-order valence-electron chi connectivity index (χ0n) is 25.9. The molecular formula is C34H41N7O2. The van der Waals surface area contributed by atoms with Gasteiger partial charge in [-0.15, -0.1) is 0 Å². The Hall–Kier alpha value is -4.63. The molecule has 0 aliphatic carbocycles. The molecule has 2 heterocycles. The number of amides is 1. The van der Waals surface area contributed by atoms with E-state index in [9.17, 15) is 9.59 Å². The number of nitrogens with two attached hydrogens (primary N) is 1. The first-order valence-corrected chi connectivity index (χ1v) is 14.6. The van der Waals surface area contributed by atoms with Crippen molar-refractivity contribution >= 4 is 34.5 Å². The molecule has 1 aliphatic rings. The third-order valence-electron chi connectivity index (χ3n) is 8.08. The summed E-state index contributed by atoms with van der Waals surface area (Å²) in [6.07, 6.45) is 1.71. The van der Waals surface area contributed by atoms with E-state index >= 15 is 0 Å². The number of anilines is 5. The van der Waals surface area contributed by atoms with Gasteiger partial charge in [-0.1, -0.05) is 45.0 Å². The fraction of sp³-hybridized carbons (Fsp3) is 0.324. The smallest absolute Gasteiger partial charge is 0.293 e. The van der Waals surface area contributed by atoms with Crippen LogP contribution in [0.15, 0.2) is 71.7 Å². The zero-order chi connectivity index (χ0) is 30.9. The van der Waals surface area contributed by atoms with Crippen molar-refractivity contribution in [3.63, 3.8) is 0 Å². The maximum absolute atomic E-state index is 13.1. The van der Waals surface area contributed by atoms with Crippen molar-refractivity contribution in [1.82, 2.24) is 14.5 Å². The minimum atomic E-state index is -0.258. The molecule has 0 radical (unpaired) electrons. The van der Waals surface area contributed by atoms with E-state index in [2.05, 4.69) is 48.3 Å². The summed E-state index contributed by atoms with van der Waals surface area (Å²) in [5.74, 6) is 0.00798. The molecule has 0 unspecified atom stereocenters. The van der Waals surface area contributed by atoms with E-state index in [-0.39, 0.29) is 22.7 Å². The summed E-state index contributed by atoms with van der Waals surface area (Å²) in [7, 11) is 3.82. The molecule has 43 heavy (non-hydrogen) atoms. The van der Waals surface area contributed by atoms with Crippen molar-refractivity contribution in [2.75, 3.05) is 54.5 Å². The Morgan fingerprint density at radius 3 is 2.30 bits per heavy atom. The van der Waals surface area contributed by atoms with E-state index in [1.54, 1.807) is 13.2 Å². The van der Waals surface area contributed by atoms with Crippen LogP contribution in [0.4, 0.5) is 28.6 Å². The van der Waals surface area contributed by atoms with Crippen LogP contribution < -0.4 is 26.8 Å². The van der Waals surface area contributed by atoms with Gasteiger partial charge in [0.2, 0.25) is 0 Å². The fourth-order valence-electron chi connectivity index (χ4n) is 5.29. The Balaban J connectivity index is 1.38. The fourth-order valence-corrected chi connectivity index (χ4v) is 5.29. The lowest BCUT2D eigenvalue weighted by molar-refractivity contribution is 0.102. The average Bonchev–Trinajstić information content (AvgIpc) is 2.97. The van der Waals surface area contributed by atoms with Crippen LogP contribution in [0.25, 0.3) is 11.3 Å². The van der Waals surface area contributed by atoms with E-state index < -0.39 is 0 Å². The van der Waals surface area contributed by atoms with Gasteiger partial charge in [-0.3, -0.25) is 9.59 Å². The van der Waals surface area contributed by atoms with Crippen molar-refractivity contribution in [1.29, 1.82) is 0 Å². The Kier molecular flexibility index (Phi) is 8.28. The minimum Gasteiger partial charge on any atom is -0.397 e. The lowest BCUT2D eigenvalue weighted by Crippen LogP contribution is -2.44. The number of carbonyl (C=O) groups is 1. The van der Waals surface area contributed by atoms with Crippen LogP contribution in [0.2, 0.25) is 0 Å². The Morgan fingerprint density at radius 1 is 0.953 bits per heavy atom. The molecule has 4 N–H and O–H groups in total. The molecule has 1 fully saturated rings. The molecule has 1 saturated heterocycles. The Labute approximate surface area is 253 Å². The second kappa shape index (κ2) is 11.9. The van der Waals surface area contributed by atoms with Crippen molar-refractivity contribution in [2.45, 2.75) is 33.1 Å². The third kappa shape index (κ3) is 6.57. The molecule has 4 aromatic rings. The van der Waals surface area contributed by atoms with Gasteiger partial charge in [-0.25, -0.2) is 4.98 Å². The minimum absolute atomic E-state index is 0.0110. The summed E-state index contributed by atoms with van der Waals surface area (Å²) in [6, 6.07) is 19.1. The van der Waals surface area contributed by atoms with Crippen LogP contribution >= 0.6 is 0 Å². The summed E-state index contributed by atoms with van der Waals surface area (Å²) in [5.41, 5.74) is 13.2. The molecule has 0 saturated carbocycles. The van der Waals surface area contributed by atoms with Gasteiger partial charge in [0.15, 0.2) is 5.82 Å². The highest BCUT2D eigenvalue weighted by molar-refractivity contribution is 6.05. The van der Waals surface area contributed by atoms with Crippen LogP contribution in [-0.2, 0) is 12.5 Å².